The average molecular weight is 242 g/mol. The van der Waals surface area contributed by atoms with Gasteiger partial charge in [0, 0.05) is 19.7 Å². The third-order valence-corrected chi connectivity index (χ3v) is 4.19. The minimum Gasteiger partial charge on any atom is -0.396 e. The van der Waals surface area contributed by atoms with Crippen molar-refractivity contribution in [2.75, 3.05) is 39.3 Å². The summed E-state index contributed by atoms with van der Waals surface area (Å²) in [4.78, 5) is 2.40. The van der Waals surface area contributed by atoms with Gasteiger partial charge in [0.15, 0.2) is 0 Å². The molecular weight excluding hydrogens is 216 g/mol. The fourth-order valence-corrected chi connectivity index (χ4v) is 3.18. The summed E-state index contributed by atoms with van der Waals surface area (Å²) < 4.78 is 0. The summed E-state index contributed by atoms with van der Waals surface area (Å²) in [6.07, 6.45) is 5.09. The van der Waals surface area contributed by atoms with E-state index in [-0.39, 0.29) is 0 Å². The van der Waals surface area contributed by atoms with Gasteiger partial charge in [0.1, 0.15) is 0 Å². The van der Waals surface area contributed by atoms with Crippen LogP contribution in [0.1, 0.15) is 32.1 Å². The van der Waals surface area contributed by atoms with Crippen molar-refractivity contribution < 1.29 is 10.2 Å². The Morgan fingerprint density at radius 1 is 1.29 bits per heavy atom. The lowest BCUT2D eigenvalue weighted by molar-refractivity contribution is -0.0303. The number of hydrogen-bond donors (Lipinski definition) is 3. The largest absolute Gasteiger partial charge is 0.396 e. The summed E-state index contributed by atoms with van der Waals surface area (Å²) in [5.41, 5.74) is -0.480. The summed E-state index contributed by atoms with van der Waals surface area (Å²) in [5, 5.41) is 22.8. The minimum absolute atomic E-state index is 0.298. The van der Waals surface area contributed by atoms with Crippen LogP contribution in [0.25, 0.3) is 0 Å². The zero-order valence-corrected chi connectivity index (χ0v) is 10.7. The molecule has 1 atom stereocenters. The number of piperidine rings is 2. The van der Waals surface area contributed by atoms with Gasteiger partial charge in [-0.15, -0.1) is 0 Å². The minimum atomic E-state index is -0.480. The summed E-state index contributed by atoms with van der Waals surface area (Å²) >= 11 is 0. The van der Waals surface area contributed by atoms with Crippen molar-refractivity contribution in [3.63, 3.8) is 0 Å². The van der Waals surface area contributed by atoms with Crippen molar-refractivity contribution in [2.45, 2.75) is 37.7 Å². The first-order chi connectivity index (χ1) is 8.22. The standard InChI is InChI=1S/C13H26N2O2/c16-9-3-12-2-1-8-15(10-12)11-13(17)4-6-14-7-5-13/h12,14,16-17H,1-11H2. The molecule has 2 aliphatic heterocycles. The zero-order valence-electron chi connectivity index (χ0n) is 10.7. The van der Waals surface area contributed by atoms with E-state index < -0.39 is 5.60 Å². The maximum atomic E-state index is 10.5. The lowest BCUT2D eigenvalue weighted by Crippen LogP contribution is -2.51. The Kier molecular flexibility index (Phi) is 4.79. The van der Waals surface area contributed by atoms with Crippen LogP contribution in [0.15, 0.2) is 0 Å². The molecule has 3 N–H and O–H groups in total. The average Bonchev–Trinajstić information content (AvgIpc) is 2.30. The van der Waals surface area contributed by atoms with E-state index in [4.69, 9.17) is 5.11 Å². The van der Waals surface area contributed by atoms with Crippen LogP contribution in [0.4, 0.5) is 0 Å². The highest BCUT2D eigenvalue weighted by molar-refractivity contribution is 4.88. The number of nitrogens with one attached hydrogen (secondary N) is 1. The molecule has 0 radical (unpaired) electrons. The Morgan fingerprint density at radius 2 is 2.06 bits per heavy atom. The molecule has 2 rings (SSSR count). The molecule has 1 unspecified atom stereocenters. The molecule has 0 aliphatic carbocycles. The van der Waals surface area contributed by atoms with Gasteiger partial charge < -0.3 is 20.4 Å². The number of aliphatic hydroxyl groups excluding tert-OH is 1. The zero-order chi connectivity index (χ0) is 12.1. The van der Waals surface area contributed by atoms with E-state index in [0.717, 1.165) is 52.0 Å². The summed E-state index contributed by atoms with van der Waals surface area (Å²) in [6.45, 7) is 5.14. The topological polar surface area (TPSA) is 55.7 Å². The van der Waals surface area contributed by atoms with Gasteiger partial charge in [0.25, 0.3) is 0 Å². The van der Waals surface area contributed by atoms with Gasteiger partial charge in [-0.05, 0) is 57.7 Å². The van der Waals surface area contributed by atoms with E-state index in [1.54, 1.807) is 0 Å². The normalized spacial score (nSPS) is 30.4. The SMILES string of the molecule is OCCC1CCCN(CC2(O)CCNCC2)C1. The molecule has 2 saturated heterocycles. The molecule has 100 valence electrons. The molecule has 2 aliphatic rings. The molecule has 4 heteroatoms. The fraction of sp³-hybridized carbons (Fsp3) is 1.00. The van der Waals surface area contributed by atoms with Crippen LogP contribution < -0.4 is 5.32 Å². The molecule has 0 spiro atoms. The van der Waals surface area contributed by atoms with E-state index >= 15 is 0 Å². The Balaban J connectivity index is 1.81. The maximum absolute atomic E-state index is 10.5. The van der Waals surface area contributed by atoms with Crippen LogP contribution in [0, 0.1) is 5.92 Å². The van der Waals surface area contributed by atoms with Crippen molar-refractivity contribution in [2.24, 2.45) is 5.92 Å². The number of rotatable bonds is 4. The molecule has 0 amide bonds. The molecule has 0 aromatic heterocycles. The Hall–Kier alpha value is -0.160. The lowest BCUT2D eigenvalue weighted by atomic mass is 9.89. The van der Waals surface area contributed by atoms with E-state index in [1.807, 2.05) is 0 Å². The van der Waals surface area contributed by atoms with Gasteiger partial charge in [0.05, 0.1) is 5.60 Å². The molecule has 2 heterocycles. The third kappa shape index (κ3) is 3.91. The third-order valence-electron chi connectivity index (χ3n) is 4.19. The molecule has 4 nitrogen and oxygen atoms in total. The van der Waals surface area contributed by atoms with E-state index in [2.05, 4.69) is 10.2 Å². The van der Waals surface area contributed by atoms with Crippen LogP contribution in [0.2, 0.25) is 0 Å². The summed E-state index contributed by atoms with van der Waals surface area (Å²) in [6, 6.07) is 0. The highest BCUT2D eigenvalue weighted by atomic mass is 16.3. The number of nitrogens with zero attached hydrogens (tertiary/aromatic N) is 1. The second kappa shape index (κ2) is 6.14. The highest BCUT2D eigenvalue weighted by Gasteiger charge is 2.32. The molecule has 0 bridgehead atoms. The molecular formula is C13H26N2O2. The Morgan fingerprint density at radius 3 is 2.76 bits per heavy atom. The molecule has 0 saturated carbocycles. The van der Waals surface area contributed by atoms with Gasteiger partial charge >= 0.3 is 0 Å². The van der Waals surface area contributed by atoms with Gasteiger partial charge in [-0.25, -0.2) is 0 Å². The van der Waals surface area contributed by atoms with Crippen molar-refractivity contribution in [3.8, 4) is 0 Å². The van der Waals surface area contributed by atoms with E-state index in [0.29, 0.717) is 12.5 Å². The number of hydrogen-bond acceptors (Lipinski definition) is 4. The number of likely N-dealkylation sites (tertiary alicyclic amines) is 1. The van der Waals surface area contributed by atoms with Crippen molar-refractivity contribution in [3.05, 3.63) is 0 Å². The quantitative estimate of drug-likeness (QED) is 0.659. The first kappa shape index (κ1) is 13.3. The van der Waals surface area contributed by atoms with E-state index in [9.17, 15) is 5.11 Å². The first-order valence-corrected chi connectivity index (χ1v) is 6.98. The summed E-state index contributed by atoms with van der Waals surface area (Å²) in [5.74, 6) is 0.624. The van der Waals surface area contributed by atoms with Crippen LogP contribution in [0.5, 0.6) is 0 Å². The molecule has 17 heavy (non-hydrogen) atoms. The van der Waals surface area contributed by atoms with Gasteiger partial charge in [-0.1, -0.05) is 0 Å². The first-order valence-electron chi connectivity index (χ1n) is 6.98. The summed E-state index contributed by atoms with van der Waals surface area (Å²) in [7, 11) is 0. The number of aliphatic hydroxyl groups is 2. The predicted molar refractivity (Wildman–Crippen MR) is 67.9 cm³/mol. The molecule has 0 aromatic rings. The fourth-order valence-electron chi connectivity index (χ4n) is 3.18. The Labute approximate surface area is 104 Å². The maximum Gasteiger partial charge on any atom is 0.0798 e. The van der Waals surface area contributed by atoms with Crippen molar-refractivity contribution in [1.82, 2.24) is 10.2 Å². The van der Waals surface area contributed by atoms with Gasteiger partial charge in [0.2, 0.25) is 0 Å². The van der Waals surface area contributed by atoms with Crippen LogP contribution in [-0.4, -0.2) is 60.0 Å². The van der Waals surface area contributed by atoms with Gasteiger partial charge in [-0.3, -0.25) is 0 Å². The monoisotopic (exact) mass is 242 g/mol. The smallest absolute Gasteiger partial charge is 0.0798 e. The van der Waals surface area contributed by atoms with Gasteiger partial charge in [-0.2, -0.15) is 0 Å². The predicted octanol–water partition coefficient (Wildman–Crippen LogP) is 0.195. The van der Waals surface area contributed by atoms with Crippen LogP contribution >= 0.6 is 0 Å². The van der Waals surface area contributed by atoms with Crippen LogP contribution in [0.3, 0.4) is 0 Å². The van der Waals surface area contributed by atoms with Crippen molar-refractivity contribution in [1.29, 1.82) is 0 Å². The Bertz CT molecular complexity index is 227. The van der Waals surface area contributed by atoms with E-state index in [1.165, 1.54) is 12.8 Å². The second-order valence-corrected chi connectivity index (χ2v) is 5.73. The van der Waals surface area contributed by atoms with Crippen LogP contribution in [-0.2, 0) is 0 Å². The second-order valence-electron chi connectivity index (χ2n) is 5.73. The number of β-amino-alcohol motifs (C(OH)–C–C–N with tert-alkyl or cyclic N) is 1. The lowest BCUT2D eigenvalue weighted by Gasteiger charge is -2.40. The molecule has 0 aromatic carbocycles. The molecule has 2 fully saturated rings. The highest BCUT2D eigenvalue weighted by Crippen LogP contribution is 2.24. The van der Waals surface area contributed by atoms with Crippen molar-refractivity contribution >= 4 is 0 Å².